The Kier molecular flexibility index (Phi) is 6.04. The van der Waals surface area contributed by atoms with E-state index in [1.54, 1.807) is 4.31 Å². The van der Waals surface area contributed by atoms with Gasteiger partial charge < -0.3 is 5.32 Å². The van der Waals surface area contributed by atoms with Gasteiger partial charge >= 0.3 is 0 Å². The van der Waals surface area contributed by atoms with Crippen molar-refractivity contribution in [3.8, 4) is 0 Å². The number of hydrogen-bond donors (Lipinski definition) is 2. The van der Waals surface area contributed by atoms with Gasteiger partial charge in [-0.15, -0.1) is 0 Å². The zero-order valence-corrected chi connectivity index (χ0v) is 12.8. The van der Waals surface area contributed by atoms with Gasteiger partial charge in [-0.1, -0.05) is 13.8 Å². The lowest BCUT2D eigenvalue weighted by molar-refractivity contribution is 0.218. The first-order valence-corrected chi connectivity index (χ1v) is 8.31. The van der Waals surface area contributed by atoms with Crippen molar-refractivity contribution in [2.45, 2.75) is 52.6 Å². The summed E-state index contributed by atoms with van der Waals surface area (Å²) in [7, 11) is -3.30. The van der Waals surface area contributed by atoms with E-state index in [1.807, 2.05) is 13.8 Å². The van der Waals surface area contributed by atoms with Gasteiger partial charge in [0.05, 0.1) is 0 Å². The summed E-state index contributed by atoms with van der Waals surface area (Å²) in [6, 6.07) is 0.386. The summed E-state index contributed by atoms with van der Waals surface area (Å²) in [5, 5.41) is 3.49. The maximum atomic E-state index is 12.1. The summed E-state index contributed by atoms with van der Waals surface area (Å²) < 4.78 is 28.3. The first-order chi connectivity index (χ1) is 8.36. The van der Waals surface area contributed by atoms with E-state index in [1.165, 1.54) is 0 Å². The van der Waals surface area contributed by atoms with Gasteiger partial charge in [-0.05, 0) is 39.2 Å². The molecule has 1 aliphatic heterocycles. The van der Waals surface area contributed by atoms with Crippen molar-refractivity contribution in [2.75, 3.05) is 19.6 Å². The molecule has 0 saturated carbocycles. The van der Waals surface area contributed by atoms with Gasteiger partial charge in [0, 0.05) is 25.2 Å². The second-order valence-corrected chi connectivity index (χ2v) is 7.16. The van der Waals surface area contributed by atoms with Gasteiger partial charge in [-0.25, -0.2) is 0 Å². The lowest BCUT2D eigenvalue weighted by Gasteiger charge is -2.36. The molecular formula is C12H27N3O2S. The molecule has 18 heavy (non-hydrogen) atoms. The van der Waals surface area contributed by atoms with E-state index in [0.29, 0.717) is 25.0 Å². The topological polar surface area (TPSA) is 61.4 Å². The highest BCUT2D eigenvalue weighted by Gasteiger charge is 2.32. The second kappa shape index (κ2) is 6.84. The van der Waals surface area contributed by atoms with E-state index in [4.69, 9.17) is 0 Å². The van der Waals surface area contributed by atoms with Crippen LogP contribution >= 0.6 is 0 Å². The molecule has 1 aliphatic rings. The summed E-state index contributed by atoms with van der Waals surface area (Å²) in [6.45, 7) is 10.2. The predicted molar refractivity (Wildman–Crippen MR) is 74.6 cm³/mol. The van der Waals surface area contributed by atoms with Gasteiger partial charge in [-0.3, -0.25) is 0 Å². The number of nitrogens with one attached hydrogen (secondary N) is 2. The fourth-order valence-electron chi connectivity index (χ4n) is 2.33. The van der Waals surface area contributed by atoms with Crippen LogP contribution in [-0.2, 0) is 10.2 Å². The van der Waals surface area contributed by atoms with Crippen molar-refractivity contribution in [2.24, 2.45) is 5.92 Å². The minimum absolute atomic E-state index is 0.0544. The second-order valence-electron chi connectivity index (χ2n) is 5.46. The molecule has 2 unspecified atom stereocenters. The lowest BCUT2D eigenvalue weighted by Crippen LogP contribution is -2.53. The maximum absolute atomic E-state index is 12.1. The van der Waals surface area contributed by atoms with Crippen molar-refractivity contribution >= 4 is 10.2 Å². The van der Waals surface area contributed by atoms with Crippen LogP contribution < -0.4 is 10.0 Å². The average Bonchev–Trinajstić information content (AvgIpc) is 2.25. The molecule has 2 N–H and O–H groups in total. The Labute approximate surface area is 112 Å². The highest BCUT2D eigenvalue weighted by molar-refractivity contribution is 7.87. The van der Waals surface area contributed by atoms with Crippen molar-refractivity contribution in [1.29, 1.82) is 0 Å². The van der Waals surface area contributed by atoms with Crippen LogP contribution in [0.3, 0.4) is 0 Å². The fraction of sp³-hybridized carbons (Fsp3) is 1.00. The zero-order valence-electron chi connectivity index (χ0n) is 11.9. The molecule has 0 aliphatic carbocycles. The summed E-state index contributed by atoms with van der Waals surface area (Å²) in [6.07, 6.45) is 2.00. The van der Waals surface area contributed by atoms with Crippen molar-refractivity contribution in [3.05, 3.63) is 0 Å². The average molecular weight is 277 g/mol. The molecule has 108 valence electrons. The fourth-order valence-corrected chi connectivity index (χ4v) is 3.85. The van der Waals surface area contributed by atoms with E-state index < -0.39 is 10.2 Å². The largest absolute Gasteiger partial charge is 0.314 e. The summed E-state index contributed by atoms with van der Waals surface area (Å²) in [5.41, 5.74) is 0. The molecule has 5 nitrogen and oxygen atoms in total. The minimum Gasteiger partial charge on any atom is -0.314 e. The molecule has 1 heterocycles. The van der Waals surface area contributed by atoms with Crippen LogP contribution in [0.15, 0.2) is 0 Å². The molecule has 0 aromatic heterocycles. The van der Waals surface area contributed by atoms with Crippen LogP contribution in [0.25, 0.3) is 0 Å². The Morgan fingerprint density at radius 2 is 2.06 bits per heavy atom. The van der Waals surface area contributed by atoms with E-state index in [-0.39, 0.29) is 6.04 Å². The molecule has 1 fully saturated rings. The molecule has 6 heteroatoms. The van der Waals surface area contributed by atoms with Crippen LogP contribution in [0.2, 0.25) is 0 Å². The van der Waals surface area contributed by atoms with E-state index >= 15 is 0 Å². The molecular weight excluding hydrogens is 250 g/mol. The third-order valence-electron chi connectivity index (χ3n) is 3.25. The highest BCUT2D eigenvalue weighted by atomic mass is 32.2. The van der Waals surface area contributed by atoms with Crippen molar-refractivity contribution < 1.29 is 8.42 Å². The SMILES string of the molecule is CCCNC1CCN(S(=O)(=O)NC(C)C)CC1C. The first-order valence-electron chi connectivity index (χ1n) is 6.87. The number of rotatable bonds is 6. The highest BCUT2D eigenvalue weighted by Crippen LogP contribution is 2.19. The molecule has 2 atom stereocenters. The van der Waals surface area contributed by atoms with Crippen LogP contribution in [-0.4, -0.2) is 44.4 Å². The normalized spacial score (nSPS) is 26.7. The number of nitrogens with zero attached hydrogens (tertiary/aromatic N) is 1. The molecule has 1 rings (SSSR count). The smallest absolute Gasteiger partial charge is 0.279 e. The molecule has 0 radical (unpaired) electrons. The molecule has 0 aromatic rings. The molecule has 0 amide bonds. The third-order valence-corrected chi connectivity index (χ3v) is 5.03. The minimum atomic E-state index is -3.30. The Bertz CT molecular complexity index is 343. The van der Waals surface area contributed by atoms with Crippen molar-refractivity contribution in [1.82, 2.24) is 14.3 Å². The number of piperidine rings is 1. The lowest BCUT2D eigenvalue weighted by atomic mass is 9.95. The molecule has 0 aromatic carbocycles. The quantitative estimate of drug-likeness (QED) is 0.759. The Balaban J connectivity index is 2.55. The monoisotopic (exact) mass is 277 g/mol. The summed E-state index contributed by atoms with van der Waals surface area (Å²) >= 11 is 0. The van der Waals surface area contributed by atoms with Crippen LogP contribution in [0.1, 0.15) is 40.5 Å². The third kappa shape index (κ3) is 4.50. The number of hydrogen-bond acceptors (Lipinski definition) is 3. The van der Waals surface area contributed by atoms with Crippen LogP contribution in [0.4, 0.5) is 0 Å². The van der Waals surface area contributed by atoms with Gasteiger partial charge in [0.25, 0.3) is 10.2 Å². The van der Waals surface area contributed by atoms with E-state index in [0.717, 1.165) is 19.4 Å². The predicted octanol–water partition coefficient (Wildman–Crippen LogP) is 0.939. The standard InChI is InChI=1S/C12H27N3O2S/c1-5-7-13-12-6-8-15(9-11(12)4)18(16,17)14-10(2)3/h10-14H,5-9H2,1-4H3. The Morgan fingerprint density at radius 1 is 1.39 bits per heavy atom. The summed E-state index contributed by atoms with van der Waals surface area (Å²) in [5.74, 6) is 0.356. The van der Waals surface area contributed by atoms with Crippen LogP contribution in [0, 0.1) is 5.92 Å². The molecule has 0 bridgehead atoms. The van der Waals surface area contributed by atoms with Crippen LogP contribution in [0.5, 0.6) is 0 Å². The van der Waals surface area contributed by atoms with Crippen molar-refractivity contribution in [3.63, 3.8) is 0 Å². The van der Waals surface area contributed by atoms with E-state index in [9.17, 15) is 8.42 Å². The zero-order chi connectivity index (χ0) is 13.8. The van der Waals surface area contributed by atoms with E-state index in [2.05, 4.69) is 23.9 Å². The maximum Gasteiger partial charge on any atom is 0.279 e. The van der Waals surface area contributed by atoms with Gasteiger partial charge in [-0.2, -0.15) is 17.4 Å². The Morgan fingerprint density at radius 3 is 2.56 bits per heavy atom. The molecule has 1 saturated heterocycles. The summed E-state index contributed by atoms with van der Waals surface area (Å²) in [4.78, 5) is 0. The van der Waals surface area contributed by atoms with Gasteiger partial charge in [0.1, 0.15) is 0 Å². The first kappa shape index (κ1) is 15.9. The molecule has 0 spiro atoms. The van der Waals surface area contributed by atoms with Gasteiger partial charge in [0.15, 0.2) is 0 Å². The van der Waals surface area contributed by atoms with Gasteiger partial charge in [0.2, 0.25) is 0 Å². The Hall–Kier alpha value is -0.170.